The zero-order valence-electron chi connectivity index (χ0n) is 11.5. The lowest BCUT2D eigenvalue weighted by molar-refractivity contribution is -0.140. The lowest BCUT2D eigenvalue weighted by Gasteiger charge is -2.10. The molecule has 2 N–H and O–H groups in total. The van der Waals surface area contributed by atoms with E-state index in [4.69, 9.17) is 0 Å². The van der Waals surface area contributed by atoms with Crippen molar-refractivity contribution in [2.24, 2.45) is 4.99 Å². The monoisotopic (exact) mass is 284 g/mol. The number of carbonyl (C=O) groups excluding carboxylic acids is 1. The molecule has 0 fully saturated rings. The molecule has 0 saturated carbocycles. The molecule has 6 nitrogen and oxygen atoms in total. The van der Waals surface area contributed by atoms with E-state index in [0.29, 0.717) is 25.5 Å². The maximum Gasteiger partial charge on any atom is 0.307 e. The zero-order valence-corrected chi connectivity index (χ0v) is 12.3. The minimum absolute atomic E-state index is 0.240. The van der Waals surface area contributed by atoms with Crippen molar-refractivity contribution in [2.75, 3.05) is 20.7 Å². The summed E-state index contributed by atoms with van der Waals surface area (Å²) >= 11 is 1.69. The van der Waals surface area contributed by atoms with Gasteiger partial charge in [0.15, 0.2) is 5.96 Å². The number of esters is 1. The van der Waals surface area contributed by atoms with Crippen molar-refractivity contribution in [3.05, 3.63) is 16.1 Å². The summed E-state index contributed by atoms with van der Waals surface area (Å²) in [4.78, 5) is 20.6. The van der Waals surface area contributed by atoms with Gasteiger partial charge in [0.05, 0.1) is 20.1 Å². The molecule has 19 heavy (non-hydrogen) atoms. The average molecular weight is 284 g/mol. The summed E-state index contributed by atoms with van der Waals surface area (Å²) in [7, 11) is 3.07. The summed E-state index contributed by atoms with van der Waals surface area (Å²) < 4.78 is 4.56. The van der Waals surface area contributed by atoms with E-state index in [0.717, 1.165) is 11.4 Å². The molecular formula is C12H20N4O2S. The fourth-order valence-corrected chi connectivity index (χ4v) is 2.16. The number of aromatic nitrogens is 1. The van der Waals surface area contributed by atoms with Gasteiger partial charge in [-0.25, -0.2) is 4.98 Å². The number of hydrogen-bond donors (Lipinski definition) is 2. The minimum Gasteiger partial charge on any atom is -0.469 e. The molecule has 106 valence electrons. The quantitative estimate of drug-likeness (QED) is 0.462. The number of nitrogens with one attached hydrogen (secondary N) is 2. The Kier molecular flexibility index (Phi) is 6.88. The summed E-state index contributed by atoms with van der Waals surface area (Å²) in [6, 6.07) is 0. The van der Waals surface area contributed by atoms with Gasteiger partial charge in [-0.2, -0.15) is 0 Å². The second kappa shape index (κ2) is 8.47. The number of aliphatic imine (C=N–C) groups is 1. The molecule has 0 amide bonds. The number of nitrogens with zero attached hydrogens (tertiary/aromatic N) is 2. The molecule has 1 rings (SSSR count). The Balaban J connectivity index is 2.30. The third-order valence-electron chi connectivity index (χ3n) is 2.43. The summed E-state index contributed by atoms with van der Waals surface area (Å²) in [6.07, 6.45) is 3.22. The highest BCUT2D eigenvalue weighted by Gasteiger charge is 2.04. The molecule has 0 aliphatic heterocycles. The molecule has 1 heterocycles. The van der Waals surface area contributed by atoms with E-state index in [2.05, 4.69) is 32.3 Å². The SMILES string of the molecule is CCc1cnc(CNC(=NC)NCCC(=O)OC)s1. The Morgan fingerprint density at radius 2 is 2.32 bits per heavy atom. The van der Waals surface area contributed by atoms with Crippen LogP contribution in [-0.2, 0) is 22.5 Å². The molecule has 1 aromatic heterocycles. The standard InChI is InChI=1S/C12H20N4O2S/c1-4-9-7-15-10(19-9)8-16-12(13-2)14-6-5-11(17)18-3/h7H,4-6,8H2,1-3H3,(H2,13,14,16). The molecule has 0 radical (unpaired) electrons. The highest BCUT2D eigenvalue weighted by Crippen LogP contribution is 2.12. The topological polar surface area (TPSA) is 75.6 Å². The number of carbonyl (C=O) groups is 1. The molecule has 7 heteroatoms. The van der Waals surface area contributed by atoms with Gasteiger partial charge in [-0.1, -0.05) is 6.92 Å². The minimum atomic E-state index is -0.240. The Hall–Kier alpha value is -1.63. The largest absolute Gasteiger partial charge is 0.469 e. The number of methoxy groups -OCH3 is 1. The summed E-state index contributed by atoms with van der Waals surface area (Å²) in [5.74, 6) is 0.410. The van der Waals surface area contributed by atoms with Crippen LogP contribution in [0.2, 0.25) is 0 Å². The predicted molar refractivity (Wildman–Crippen MR) is 76.3 cm³/mol. The van der Waals surface area contributed by atoms with E-state index in [9.17, 15) is 4.79 Å². The van der Waals surface area contributed by atoms with E-state index in [1.54, 1.807) is 18.4 Å². The normalized spacial score (nSPS) is 11.2. The number of aryl methyl sites for hydroxylation is 1. The Morgan fingerprint density at radius 1 is 1.53 bits per heavy atom. The van der Waals surface area contributed by atoms with Gasteiger partial charge in [0.2, 0.25) is 0 Å². The van der Waals surface area contributed by atoms with Crippen LogP contribution in [0.4, 0.5) is 0 Å². The molecule has 0 atom stereocenters. The molecule has 0 bridgehead atoms. The third-order valence-corrected chi connectivity index (χ3v) is 3.57. The molecule has 0 spiro atoms. The van der Waals surface area contributed by atoms with Gasteiger partial charge in [-0.3, -0.25) is 9.79 Å². The molecule has 0 saturated heterocycles. The Bertz CT molecular complexity index is 431. The number of ether oxygens (including phenoxy) is 1. The average Bonchev–Trinajstić information content (AvgIpc) is 2.90. The summed E-state index contributed by atoms with van der Waals surface area (Å²) in [6.45, 7) is 3.23. The van der Waals surface area contributed by atoms with Crippen molar-refractivity contribution in [1.82, 2.24) is 15.6 Å². The lowest BCUT2D eigenvalue weighted by atomic mass is 10.4. The van der Waals surface area contributed by atoms with E-state index in [1.807, 2.05) is 6.20 Å². The number of guanidine groups is 1. The van der Waals surface area contributed by atoms with Gasteiger partial charge < -0.3 is 15.4 Å². The molecule has 0 aliphatic rings. The van der Waals surface area contributed by atoms with Crippen molar-refractivity contribution in [2.45, 2.75) is 26.3 Å². The Labute approximate surface area is 117 Å². The highest BCUT2D eigenvalue weighted by molar-refractivity contribution is 7.11. The van der Waals surface area contributed by atoms with Crippen LogP contribution >= 0.6 is 11.3 Å². The molecule has 0 aliphatic carbocycles. The smallest absolute Gasteiger partial charge is 0.307 e. The van der Waals surface area contributed by atoms with E-state index in [1.165, 1.54) is 12.0 Å². The second-order valence-electron chi connectivity index (χ2n) is 3.75. The van der Waals surface area contributed by atoms with Crippen molar-refractivity contribution in [3.63, 3.8) is 0 Å². The van der Waals surface area contributed by atoms with Crippen LogP contribution < -0.4 is 10.6 Å². The van der Waals surface area contributed by atoms with Gasteiger partial charge in [-0.15, -0.1) is 11.3 Å². The van der Waals surface area contributed by atoms with Crippen LogP contribution in [0.25, 0.3) is 0 Å². The van der Waals surface area contributed by atoms with Crippen molar-refractivity contribution in [1.29, 1.82) is 0 Å². The first-order valence-corrected chi connectivity index (χ1v) is 6.96. The predicted octanol–water partition coefficient (Wildman–Crippen LogP) is 0.934. The zero-order chi connectivity index (χ0) is 14.1. The first-order valence-electron chi connectivity index (χ1n) is 6.14. The highest BCUT2D eigenvalue weighted by atomic mass is 32.1. The molecule has 1 aromatic rings. The lowest BCUT2D eigenvalue weighted by Crippen LogP contribution is -2.37. The van der Waals surface area contributed by atoms with Crippen LogP contribution in [0.1, 0.15) is 23.2 Å². The number of rotatable bonds is 6. The Morgan fingerprint density at radius 3 is 2.89 bits per heavy atom. The van der Waals surface area contributed by atoms with Gasteiger partial charge in [0.25, 0.3) is 0 Å². The van der Waals surface area contributed by atoms with Gasteiger partial charge in [0, 0.05) is 24.7 Å². The summed E-state index contributed by atoms with van der Waals surface area (Å²) in [5, 5.41) is 7.21. The van der Waals surface area contributed by atoms with Crippen LogP contribution in [0.5, 0.6) is 0 Å². The fraction of sp³-hybridized carbons (Fsp3) is 0.583. The first-order chi connectivity index (χ1) is 9.19. The third kappa shape index (κ3) is 5.69. The molecule has 0 unspecified atom stereocenters. The van der Waals surface area contributed by atoms with Gasteiger partial charge >= 0.3 is 5.97 Å². The fourth-order valence-electron chi connectivity index (χ4n) is 1.36. The van der Waals surface area contributed by atoms with E-state index < -0.39 is 0 Å². The van der Waals surface area contributed by atoms with Crippen LogP contribution in [0, 0.1) is 0 Å². The van der Waals surface area contributed by atoms with Crippen LogP contribution in [-0.4, -0.2) is 37.6 Å². The van der Waals surface area contributed by atoms with Gasteiger partial charge in [0.1, 0.15) is 5.01 Å². The second-order valence-corrected chi connectivity index (χ2v) is 4.95. The molecule has 0 aromatic carbocycles. The van der Waals surface area contributed by atoms with Crippen LogP contribution in [0.15, 0.2) is 11.2 Å². The van der Waals surface area contributed by atoms with Gasteiger partial charge in [-0.05, 0) is 6.42 Å². The number of thiazole rings is 1. The maximum absolute atomic E-state index is 11.0. The molecular weight excluding hydrogens is 264 g/mol. The summed E-state index contributed by atoms with van der Waals surface area (Å²) in [5.41, 5.74) is 0. The van der Waals surface area contributed by atoms with Crippen molar-refractivity contribution < 1.29 is 9.53 Å². The number of hydrogen-bond acceptors (Lipinski definition) is 5. The van der Waals surface area contributed by atoms with E-state index >= 15 is 0 Å². The maximum atomic E-state index is 11.0. The first kappa shape index (κ1) is 15.4. The van der Waals surface area contributed by atoms with E-state index in [-0.39, 0.29) is 5.97 Å². The van der Waals surface area contributed by atoms with Crippen LogP contribution in [0.3, 0.4) is 0 Å². The van der Waals surface area contributed by atoms with Crippen molar-refractivity contribution in [3.8, 4) is 0 Å². The van der Waals surface area contributed by atoms with Crippen molar-refractivity contribution >= 4 is 23.3 Å².